The largest absolute Gasteiger partial charge is 0.504 e. The molecular weight excluding hydrogens is 361 g/mol. The van der Waals surface area contributed by atoms with Crippen LogP contribution in [-0.4, -0.2) is 29.3 Å². The summed E-state index contributed by atoms with van der Waals surface area (Å²) in [6.45, 7) is 8.41. The van der Waals surface area contributed by atoms with Crippen LogP contribution in [0.25, 0.3) is 0 Å². The van der Waals surface area contributed by atoms with Crippen LogP contribution in [0.1, 0.15) is 45.6 Å². The van der Waals surface area contributed by atoms with Crippen LogP contribution in [0, 0.1) is 18.8 Å². The maximum Gasteiger partial charge on any atom is 0.259 e. The van der Waals surface area contributed by atoms with E-state index in [-0.39, 0.29) is 22.3 Å². The van der Waals surface area contributed by atoms with Gasteiger partial charge in [-0.1, -0.05) is 37.0 Å². The summed E-state index contributed by atoms with van der Waals surface area (Å²) >= 11 is 12.4. The van der Waals surface area contributed by atoms with E-state index in [2.05, 4.69) is 13.8 Å². The lowest BCUT2D eigenvalue weighted by Crippen LogP contribution is -2.41. The van der Waals surface area contributed by atoms with Crippen LogP contribution in [0.15, 0.2) is 6.07 Å². The maximum absolute atomic E-state index is 13.1. The number of amides is 1. The maximum atomic E-state index is 13.1. The molecule has 0 bridgehead atoms. The number of carbonyl (C=O) groups is 1. The molecule has 1 aromatic rings. The van der Waals surface area contributed by atoms with E-state index in [1.54, 1.807) is 13.0 Å². The Morgan fingerprint density at radius 1 is 1.44 bits per heavy atom. The summed E-state index contributed by atoms with van der Waals surface area (Å²) in [6.07, 6.45) is 2.61. The predicted molar refractivity (Wildman–Crippen MR) is 101 cm³/mol. The van der Waals surface area contributed by atoms with Crippen molar-refractivity contribution in [3.05, 3.63) is 21.7 Å². The number of benzene rings is 1. The van der Waals surface area contributed by atoms with Crippen molar-refractivity contribution in [1.29, 1.82) is 0 Å². The minimum Gasteiger partial charge on any atom is -0.504 e. The molecular formula is C19H25Cl2NO3. The smallest absolute Gasteiger partial charge is 0.259 e. The normalized spacial score (nSPS) is 31.2. The zero-order chi connectivity index (χ0) is 18.5. The van der Waals surface area contributed by atoms with Gasteiger partial charge < -0.3 is 14.7 Å². The van der Waals surface area contributed by atoms with Crippen molar-refractivity contribution in [3.8, 4) is 5.75 Å². The number of phenols is 1. The first kappa shape index (κ1) is 18.8. The van der Waals surface area contributed by atoms with Crippen LogP contribution in [0.4, 0.5) is 5.69 Å². The van der Waals surface area contributed by atoms with Crippen LogP contribution >= 0.6 is 23.2 Å². The fourth-order valence-electron chi connectivity index (χ4n) is 4.13. The fraction of sp³-hybridized carbons (Fsp3) is 0.632. The summed E-state index contributed by atoms with van der Waals surface area (Å²) in [4.78, 5) is 14.6. The van der Waals surface area contributed by atoms with Crippen molar-refractivity contribution in [3.63, 3.8) is 0 Å². The van der Waals surface area contributed by atoms with Crippen LogP contribution in [0.5, 0.6) is 5.75 Å². The highest BCUT2D eigenvalue weighted by Gasteiger charge is 2.65. The first-order valence-electron chi connectivity index (χ1n) is 8.89. The van der Waals surface area contributed by atoms with Crippen LogP contribution < -0.4 is 4.90 Å². The molecule has 25 heavy (non-hydrogen) atoms. The summed E-state index contributed by atoms with van der Waals surface area (Å²) in [5, 5.41) is 11.0. The van der Waals surface area contributed by atoms with E-state index in [0.717, 1.165) is 19.3 Å². The predicted octanol–water partition coefficient (Wildman–Crippen LogP) is 4.95. The van der Waals surface area contributed by atoms with Gasteiger partial charge in [0.05, 0.1) is 10.7 Å². The second kappa shape index (κ2) is 6.64. The number of ether oxygens (including phenoxy) is 1. The van der Waals surface area contributed by atoms with E-state index in [4.69, 9.17) is 27.9 Å². The SMILES string of the molecule is CCN(C(=O)C1OC12CCC(C)CC2C)c1cc(Cl)c(C)c(Cl)c1O. The number of rotatable bonds is 3. The third-order valence-electron chi connectivity index (χ3n) is 5.84. The number of anilines is 1. The van der Waals surface area contributed by atoms with Gasteiger partial charge in [0.15, 0.2) is 11.9 Å². The van der Waals surface area contributed by atoms with Gasteiger partial charge in [-0.15, -0.1) is 0 Å². The van der Waals surface area contributed by atoms with E-state index in [1.165, 1.54) is 4.90 Å². The number of carbonyl (C=O) groups excluding carboxylic acids is 1. The third kappa shape index (κ3) is 3.02. The quantitative estimate of drug-likeness (QED) is 0.748. The van der Waals surface area contributed by atoms with Crippen molar-refractivity contribution >= 4 is 34.8 Å². The Balaban J connectivity index is 1.87. The average Bonchev–Trinajstić information content (AvgIpc) is 3.30. The molecule has 0 radical (unpaired) electrons. The van der Waals surface area contributed by atoms with E-state index in [9.17, 15) is 9.90 Å². The van der Waals surface area contributed by atoms with Gasteiger partial charge >= 0.3 is 0 Å². The molecule has 1 aliphatic carbocycles. The fourth-order valence-corrected chi connectivity index (χ4v) is 4.58. The highest BCUT2D eigenvalue weighted by atomic mass is 35.5. The van der Waals surface area contributed by atoms with E-state index < -0.39 is 6.10 Å². The van der Waals surface area contributed by atoms with E-state index in [0.29, 0.717) is 34.7 Å². The van der Waals surface area contributed by atoms with Gasteiger partial charge in [0, 0.05) is 11.6 Å². The first-order chi connectivity index (χ1) is 11.7. The van der Waals surface area contributed by atoms with Crippen LogP contribution in [0.2, 0.25) is 10.0 Å². The number of epoxide rings is 1. The molecule has 4 unspecified atom stereocenters. The molecule has 6 heteroatoms. The Labute approximate surface area is 159 Å². The molecule has 1 saturated carbocycles. The lowest BCUT2D eigenvalue weighted by atomic mass is 9.73. The highest BCUT2D eigenvalue weighted by molar-refractivity contribution is 6.37. The summed E-state index contributed by atoms with van der Waals surface area (Å²) in [7, 11) is 0. The van der Waals surface area contributed by atoms with Gasteiger partial charge in [-0.05, 0) is 56.6 Å². The second-order valence-electron chi connectivity index (χ2n) is 7.48. The first-order valence-corrected chi connectivity index (χ1v) is 9.65. The minimum absolute atomic E-state index is 0.112. The van der Waals surface area contributed by atoms with E-state index >= 15 is 0 Å². The molecule has 1 aliphatic heterocycles. The molecule has 0 aromatic heterocycles. The molecule has 4 atom stereocenters. The van der Waals surface area contributed by atoms with Crippen molar-refractivity contribution in [2.24, 2.45) is 11.8 Å². The van der Waals surface area contributed by atoms with Gasteiger partial charge in [-0.25, -0.2) is 0 Å². The van der Waals surface area contributed by atoms with Crippen molar-refractivity contribution in [2.45, 2.75) is 58.7 Å². The standard InChI is InChI=1S/C19H25Cl2NO3/c1-5-22(14-9-13(20)12(4)15(21)16(14)23)18(24)17-19(25-17)7-6-10(2)8-11(19)3/h9-11,17,23H,5-8H2,1-4H3. The lowest BCUT2D eigenvalue weighted by Gasteiger charge is -2.31. The topological polar surface area (TPSA) is 53.1 Å². The van der Waals surface area contributed by atoms with Gasteiger partial charge in [-0.2, -0.15) is 0 Å². The molecule has 1 amide bonds. The summed E-state index contributed by atoms with van der Waals surface area (Å²) in [5.41, 5.74) is 0.600. The van der Waals surface area contributed by atoms with Crippen LogP contribution in [0.3, 0.4) is 0 Å². The number of nitrogens with zero attached hydrogens (tertiary/aromatic N) is 1. The number of halogens is 2. The number of phenolic OH excluding ortho intramolecular Hbond substituents is 1. The van der Waals surface area contributed by atoms with Gasteiger partial charge in [0.2, 0.25) is 0 Å². The van der Waals surface area contributed by atoms with Crippen molar-refractivity contribution < 1.29 is 14.6 Å². The Hall–Kier alpha value is -0.970. The third-order valence-corrected chi connectivity index (χ3v) is 6.70. The molecule has 2 fully saturated rings. The zero-order valence-corrected chi connectivity index (χ0v) is 16.6. The molecule has 138 valence electrons. The molecule has 4 nitrogen and oxygen atoms in total. The minimum atomic E-state index is -0.451. The van der Waals surface area contributed by atoms with Crippen LogP contribution in [-0.2, 0) is 9.53 Å². The summed E-state index contributed by atoms with van der Waals surface area (Å²) in [6, 6.07) is 1.60. The zero-order valence-electron chi connectivity index (χ0n) is 15.1. The number of hydrogen-bond donors (Lipinski definition) is 1. The molecule has 1 heterocycles. The van der Waals surface area contributed by atoms with Gasteiger partial charge in [0.25, 0.3) is 5.91 Å². The molecule has 2 aliphatic rings. The molecule has 1 aromatic carbocycles. The van der Waals surface area contributed by atoms with Gasteiger partial charge in [0.1, 0.15) is 5.60 Å². The highest BCUT2D eigenvalue weighted by Crippen LogP contribution is 2.54. The second-order valence-corrected chi connectivity index (χ2v) is 8.27. The Morgan fingerprint density at radius 3 is 2.72 bits per heavy atom. The molecule has 3 rings (SSSR count). The van der Waals surface area contributed by atoms with Gasteiger partial charge in [-0.3, -0.25) is 4.79 Å². The van der Waals surface area contributed by atoms with Crippen molar-refractivity contribution in [2.75, 3.05) is 11.4 Å². The molecule has 1 spiro atoms. The number of likely N-dealkylation sites (N-methyl/N-ethyl adjacent to an activating group) is 1. The molecule has 1 saturated heterocycles. The van der Waals surface area contributed by atoms with Crippen molar-refractivity contribution in [1.82, 2.24) is 0 Å². The summed E-state index contributed by atoms with van der Waals surface area (Å²) in [5.74, 6) is 0.776. The monoisotopic (exact) mass is 385 g/mol. The number of aromatic hydroxyl groups is 1. The Kier molecular flexibility index (Phi) is 5.00. The Morgan fingerprint density at radius 2 is 2.12 bits per heavy atom. The number of hydrogen-bond acceptors (Lipinski definition) is 3. The summed E-state index contributed by atoms with van der Waals surface area (Å²) < 4.78 is 5.96. The molecule has 1 N–H and O–H groups in total. The van der Waals surface area contributed by atoms with E-state index in [1.807, 2.05) is 6.92 Å². The lowest BCUT2D eigenvalue weighted by molar-refractivity contribution is -0.119. The Bertz CT molecular complexity index is 708. The average molecular weight is 386 g/mol.